The van der Waals surface area contributed by atoms with Gasteiger partial charge in [-0.2, -0.15) is 0 Å². The number of carbonyl (C=O) groups excluding carboxylic acids is 1. The summed E-state index contributed by atoms with van der Waals surface area (Å²) in [7, 11) is 3.08. The molecule has 0 aliphatic carbocycles. The molecule has 1 amide bonds. The van der Waals surface area contributed by atoms with E-state index in [-0.39, 0.29) is 11.9 Å². The quantitative estimate of drug-likeness (QED) is 0.564. The number of anilines is 1. The van der Waals surface area contributed by atoms with Crippen molar-refractivity contribution in [2.24, 2.45) is 0 Å². The fourth-order valence-electron chi connectivity index (χ4n) is 2.93. The maximum atomic E-state index is 12.8. The van der Waals surface area contributed by atoms with Gasteiger partial charge in [0.2, 0.25) is 0 Å². The highest BCUT2D eigenvalue weighted by Gasteiger charge is 2.18. The summed E-state index contributed by atoms with van der Waals surface area (Å²) >= 11 is 0. The average molecular weight is 375 g/mol. The molecule has 1 aromatic heterocycles. The van der Waals surface area contributed by atoms with Gasteiger partial charge in [0.05, 0.1) is 25.3 Å². The van der Waals surface area contributed by atoms with Gasteiger partial charge in [-0.3, -0.25) is 10.1 Å². The zero-order chi connectivity index (χ0) is 19.5. The lowest BCUT2D eigenvalue weighted by Gasteiger charge is -2.09. The lowest BCUT2D eigenvalue weighted by Crippen LogP contribution is -2.13. The van der Waals surface area contributed by atoms with Gasteiger partial charge >= 0.3 is 6.01 Å². The molecule has 0 fully saturated rings. The van der Waals surface area contributed by atoms with Gasteiger partial charge in [-0.25, -0.2) is 0 Å². The van der Waals surface area contributed by atoms with Crippen LogP contribution in [-0.2, 0) is 0 Å². The summed E-state index contributed by atoms with van der Waals surface area (Å²) in [6, 6.07) is 18.6. The summed E-state index contributed by atoms with van der Waals surface area (Å²) in [5, 5.41) is 12.4. The van der Waals surface area contributed by atoms with Crippen LogP contribution in [0.4, 0.5) is 6.01 Å². The van der Waals surface area contributed by atoms with Crippen molar-refractivity contribution in [3.63, 3.8) is 0 Å². The Labute approximate surface area is 160 Å². The second-order valence-corrected chi connectivity index (χ2v) is 5.97. The minimum Gasteiger partial charge on any atom is -0.496 e. The van der Waals surface area contributed by atoms with Gasteiger partial charge in [0.15, 0.2) is 0 Å². The van der Waals surface area contributed by atoms with Crippen molar-refractivity contribution in [3.05, 3.63) is 66.2 Å². The fraction of sp³-hybridized carbons (Fsp3) is 0.0952. The normalized spacial score (nSPS) is 10.6. The number of amides is 1. The van der Waals surface area contributed by atoms with Gasteiger partial charge in [-0.15, -0.1) is 5.10 Å². The molecule has 0 saturated carbocycles. The molecule has 0 aliphatic rings. The molecule has 0 bridgehead atoms. The Balaban J connectivity index is 1.63. The second kappa shape index (κ2) is 7.40. The van der Waals surface area contributed by atoms with E-state index in [1.54, 1.807) is 25.3 Å². The molecule has 0 spiro atoms. The number of rotatable bonds is 5. The number of aromatic nitrogens is 2. The molecular weight excluding hydrogens is 358 g/mol. The largest absolute Gasteiger partial charge is 0.496 e. The number of carbonyl (C=O) groups is 1. The molecule has 140 valence electrons. The number of hydrogen-bond donors (Lipinski definition) is 1. The summed E-state index contributed by atoms with van der Waals surface area (Å²) in [4.78, 5) is 12.8. The first-order valence-electron chi connectivity index (χ1n) is 8.54. The van der Waals surface area contributed by atoms with Crippen LogP contribution in [0.5, 0.6) is 11.5 Å². The van der Waals surface area contributed by atoms with Gasteiger partial charge in [-0.1, -0.05) is 41.5 Å². The van der Waals surface area contributed by atoms with Crippen molar-refractivity contribution in [2.45, 2.75) is 0 Å². The summed E-state index contributed by atoms with van der Waals surface area (Å²) < 4.78 is 16.3. The third kappa shape index (κ3) is 3.25. The van der Waals surface area contributed by atoms with E-state index in [1.807, 2.05) is 42.5 Å². The molecule has 7 nitrogen and oxygen atoms in total. The Kier molecular flexibility index (Phi) is 4.63. The van der Waals surface area contributed by atoms with E-state index in [0.717, 1.165) is 10.8 Å². The van der Waals surface area contributed by atoms with Gasteiger partial charge in [-0.05, 0) is 35.0 Å². The van der Waals surface area contributed by atoms with Gasteiger partial charge in [0, 0.05) is 0 Å². The zero-order valence-corrected chi connectivity index (χ0v) is 15.3. The standard InChI is InChI=1S/C21H17N3O4/c1-26-17-10-6-5-9-15(17)20-23-24-21(28-20)22-19(25)16-11-13-7-3-4-8-14(13)12-18(16)27-2/h3-12H,1-2H3,(H,22,24,25). The Morgan fingerprint density at radius 3 is 2.32 bits per heavy atom. The Bertz CT molecular complexity index is 1150. The number of para-hydroxylation sites is 1. The highest BCUT2D eigenvalue weighted by atomic mass is 16.5. The van der Waals surface area contributed by atoms with Crippen molar-refractivity contribution in [1.29, 1.82) is 0 Å². The summed E-state index contributed by atoms with van der Waals surface area (Å²) in [5.74, 6) is 0.900. The number of methoxy groups -OCH3 is 2. The minimum absolute atomic E-state index is 0.0129. The Morgan fingerprint density at radius 1 is 0.893 bits per heavy atom. The highest BCUT2D eigenvalue weighted by molar-refractivity contribution is 6.07. The number of fused-ring (bicyclic) bond motifs is 1. The molecule has 0 radical (unpaired) electrons. The fourth-order valence-corrected chi connectivity index (χ4v) is 2.93. The van der Waals surface area contributed by atoms with Crippen LogP contribution in [0.15, 0.2) is 65.1 Å². The third-order valence-corrected chi connectivity index (χ3v) is 4.30. The molecular formula is C21H17N3O4. The van der Waals surface area contributed by atoms with Crippen LogP contribution in [0.2, 0.25) is 0 Å². The number of hydrogen-bond acceptors (Lipinski definition) is 6. The first-order chi connectivity index (χ1) is 13.7. The van der Waals surface area contributed by atoms with Crippen LogP contribution in [-0.4, -0.2) is 30.3 Å². The molecule has 0 aliphatic heterocycles. The molecule has 3 aromatic carbocycles. The Hall–Kier alpha value is -3.87. The van der Waals surface area contributed by atoms with Crippen molar-refractivity contribution < 1.29 is 18.7 Å². The van der Waals surface area contributed by atoms with Gasteiger partial charge in [0.25, 0.3) is 11.8 Å². The van der Waals surface area contributed by atoms with Crippen LogP contribution >= 0.6 is 0 Å². The average Bonchev–Trinajstić information content (AvgIpc) is 3.20. The topological polar surface area (TPSA) is 86.5 Å². The predicted octanol–water partition coefficient (Wildman–Crippen LogP) is 4.16. The number of nitrogens with zero attached hydrogens (tertiary/aromatic N) is 2. The Morgan fingerprint density at radius 2 is 1.57 bits per heavy atom. The van der Waals surface area contributed by atoms with Crippen molar-refractivity contribution in [1.82, 2.24) is 10.2 Å². The summed E-state index contributed by atoms with van der Waals surface area (Å²) in [6.45, 7) is 0. The van der Waals surface area contributed by atoms with E-state index in [4.69, 9.17) is 13.9 Å². The van der Waals surface area contributed by atoms with Crippen LogP contribution in [0.3, 0.4) is 0 Å². The van der Waals surface area contributed by atoms with Crippen LogP contribution in [0.1, 0.15) is 10.4 Å². The third-order valence-electron chi connectivity index (χ3n) is 4.30. The zero-order valence-electron chi connectivity index (χ0n) is 15.3. The number of nitrogens with one attached hydrogen (secondary N) is 1. The van der Waals surface area contributed by atoms with Gasteiger partial charge < -0.3 is 13.9 Å². The van der Waals surface area contributed by atoms with Crippen LogP contribution < -0.4 is 14.8 Å². The van der Waals surface area contributed by atoms with E-state index in [0.29, 0.717) is 22.6 Å². The van der Waals surface area contributed by atoms with Crippen molar-refractivity contribution >= 4 is 22.7 Å². The SMILES string of the molecule is COc1cc2ccccc2cc1C(=O)Nc1nnc(-c2ccccc2OC)o1. The lowest BCUT2D eigenvalue weighted by atomic mass is 10.1. The molecule has 0 saturated heterocycles. The minimum atomic E-state index is -0.405. The smallest absolute Gasteiger partial charge is 0.322 e. The first kappa shape index (κ1) is 17.5. The van der Waals surface area contributed by atoms with Gasteiger partial charge in [0.1, 0.15) is 11.5 Å². The van der Waals surface area contributed by atoms with Crippen LogP contribution in [0, 0.1) is 0 Å². The molecule has 1 heterocycles. The molecule has 28 heavy (non-hydrogen) atoms. The van der Waals surface area contributed by atoms with Crippen molar-refractivity contribution in [2.75, 3.05) is 19.5 Å². The molecule has 1 N–H and O–H groups in total. The number of ether oxygens (including phenoxy) is 2. The molecule has 4 aromatic rings. The van der Waals surface area contributed by atoms with Crippen LogP contribution in [0.25, 0.3) is 22.2 Å². The molecule has 7 heteroatoms. The maximum Gasteiger partial charge on any atom is 0.322 e. The van der Waals surface area contributed by atoms with E-state index < -0.39 is 5.91 Å². The van der Waals surface area contributed by atoms with E-state index >= 15 is 0 Å². The predicted molar refractivity (Wildman–Crippen MR) is 105 cm³/mol. The molecule has 4 rings (SSSR count). The van der Waals surface area contributed by atoms with E-state index in [2.05, 4.69) is 15.5 Å². The second-order valence-electron chi connectivity index (χ2n) is 5.97. The summed E-state index contributed by atoms with van der Waals surface area (Å²) in [5.41, 5.74) is 1.01. The summed E-state index contributed by atoms with van der Waals surface area (Å²) in [6.07, 6.45) is 0. The lowest BCUT2D eigenvalue weighted by molar-refractivity contribution is 0.102. The maximum absolute atomic E-state index is 12.8. The molecule has 0 unspecified atom stereocenters. The molecule has 0 atom stereocenters. The van der Waals surface area contributed by atoms with Crippen molar-refractivity contribution in [3.8, 4) is 23.0 Å². The van der Waals surface area contributed by atoms with E-state index in [1.165, 1.54) is 7.11 Å². The highest BCUT2D eigenvalue weighted by Crippen LogP contribution is 2.30. The van der Waals surface area contributed by atoms with E-state index in [9.17, 15) is 4.79 Å². The monoisotopic (exact) mass is 375 g/mol. The first-order valence-corrected chi connectivity index (χ1v) is 8.54. The number of benzene rings is 3.